The first-order valence-electron chi connectivity index (χ1n) is 8.40. The second kappa shape index (κ2) is 8.25. The van der Waals surface area contributed by atoms with Crippen molar-refractivity contribution < 1.29 is 9.32 Å². The number of aromatic nitrogens is 2. The van der Waals surface area contributed by atoms with Gasteiger partial charge in [-0.15, -0.1) is 11.3 Å². The highest BCUT2D eigenvalue weighted by molar-refractivity contribution is 7.11. The molecular formula is C19H22N4O2S. The van der Waals surface area contributed by atoms with Gasteiger partial charge in [-0.1, -0.05) is 35.5 Å². The van der Waals surface area contributed by atoms with E-state index in [-0.39, 0.29) is 11.6 Å². The van der Waals surface area contributed by atoms with Gasteiger partial charge in [0, 0.05) is 17.5 Å². The van der Waals surface area contributed by atoms with Gasteiger partial charge in [0.2, 0.25) is 0 Å². The van der Waals surface area contributed by atoms with Crippen molar-refractivity contribution in [3.05, 3.63) is 69.0 Å². The summed E-state index contributed by atoms with van der Waals surface area (Å²) in [5.74, 6) is 0.408. The first-order chi connectivity index (χ1) is 12.5. The Morgan fingerprint density at radius 3 is 2.69 bits per heavy atom. The third-order valence-corrected chi connectivity index (χ3v) is 5.06. The van der Waals surface area contributed by atoms with E-state index in [9.17, 15) is 4.79 Å². The van der Waals surface area contributed by atoms with Crippen molar-refractivity contribution in [2.75, 3.05) is 7.05 Å². The number of rotatable bonds is 7. The van der Waals surface area contributed by atoms with E-state index < -0.39 is 0 Å². The Hall–Kier alpha value is -2.51. The SMILES string of the molecule is Cc1nc(CNC(=O)c2cc(CN(C)Cc3ccccc3)on2)sc1C. The zero-order valence-electron chi connectivity index (χ0n) is 15.2. The molecule has 0 bridgehead atoms. The normalized spacial score (nSPS) is 11.1. The van der Waals surface area contributed by atoms with Crippen LogP contribution in [-0.2, 0) is 19.6 Å². The van der Waals surface area contributed by atoms with E-state index in [1.165, 1.54) is 10.4 Å². The van der Waals surface area contributed by atoms with Crippen molar-refractivity contribution in [3.8, 4) is 0 Å². The number of thiazole rings is 1. The molecule has 0 radical (unpaired) electrons. The maximum atomic E-state index is 12.2. The van der Waals surface area contributed by atoms with Crippen molar-refractivity contribution in [3.63, 3.8) is 0 Å². The predicted molar refractivity (Wildman–Crippen MR) is 101 cm³/mol. The Bertz CT molecular complexity index is 853. The molecule has 3 rings (SSSR count). The molecule has 7 heteroatoms. The Labute approximate surface area is 156 Å². The van der Waals surface area contributed by atoms with Crippen molar-refractivity contribution in [1.29, 1.82) is 0 Å². The number of carbonyl (C=O) groups excluding carboxylic acids is 1. The lowest BCUT2D eigenvalue weighted by molar-refractivity contribution is 0.0941. The number of benzene rings is 1. The van der Waals surface area contributed by atoms with Crippen LogP contribution in [0.3, 0.4) is 0 Å². The van der Waals surface area contributed by atoms with Gasteiger partial charge < -0.3 is 9.84 Å². The van der Waals surface area contributed by atoms with Crippen molar-refractivity contribution in [1.82, 2.24) is 20.4 Å². The van der Waals surface area contributed by atoms with E-state index in [1.807, 2.05) is 39.1 Å². The van der Waals surface area contributed by atoms with Crippen molar-refractivity contribution in [2.24, 2.45) is 0 Å². The summed E-state index contributed by atoms with van der Waals surface area (Å²) in [6, 6.07) is 11.9. The lowest BCUT2D eigenvalue weighted by atomic mass is 10.2. The molecule has 1 N–H and O–H groups in total. The lowest BCUT2D eigenvalue weighted by Gasteiger charge is -2.14. The quantitative estimate of drug-likeness (QED) is 0.691. The van der Waals surface area contributed by atoms with Gasteiger partial charge in [0.05, 0.1) is 18.8 Å². The molecule has 0 saturated carbocycles. The van der Waals surface area contributed by atoms with Crippen LogP contribution in [0.5, 0.6) is 0 Å². The van der Waals surface area contributed by atoms with Crippen LogP contribution in [0.15, 0.2) is 40.9 Å². The van der Waals surface area contributed by atoms with Crippen molar-refractivity contribution in [2.45, 2.75) is 33.5 Å². The molecule has 3 aromatic rings. The van der Waals surface area contributed by atoms with E-state index in [0.29, 0.717) is 18.8 Å². The van der Waals surface area contributed by atoms with Crippen LogP contribution in [0.2, 0.25) is 0 Å². The number of carbonyl (C=O) groups is 1. The van der Waals surface area contributed by atoms with Crippen LogP contribution < -0.4 is 5.32 Å². The summed E-state index contributed by atoms with van der Waals surface area (Å²) in [7, 11) is 2.00. The minimum Gasteiger partial charge on any atom is -0.359 e. The van der Waals surface area contributed by atoms with Gasteiger partial charge in [0.25, 0.3) is 5.91 Å². The molecule has 0 fully saturated rings. The first kappa shape index (κ1) is 18.3. The zero-order chi connectivity index (χ0) is 18.5. The summed E-state index contributed by atoms with van der Waals surface area (Å²) < 4.78 is 5.30. The fourth-order valence-electron chi connectivity index (χ4n) is 2.57. The number of nitrogens with zero attached hydrogens (tertiary/aromatic N) is 3. The largest absolute Gasteiger partial charge is 0.359 e. The van der Waals surface area contributed by atoms with Crippen molar-refractivity contribution >= 4 is 17.2 Å². The van der Waals surface area contributed by atoms with E-state index in [1.54, 1.807) is 17.4 Å². The summed E-state index contributed by atoms with van der Waals surface area (Å²) >= 11 is 1.59. The molecule has 0 aliphatic heterocycles. The molecule has 6 nitrogen and oxygen atoms in total. The Kier molecular flexibility index (Phi) is 5.80. The monoisotopic (exact) mass is 370 g/mol. The summed E-state index contributed by atoms with van der Waals surface area (Å²) in [5.41, 5.74) is 2.52. The topological polar surface area (TPSA) is 71.3 Å². The van der Waals surface area contributed by atoms with Crippen LogP contribution in [0.25, 0.3) is 0 Å². The second-order valence-corrected chi connectivity index (χ2v) is 7.56. The third kappa shape index (κ3) is 4.77. The van der Waals surface area contributed by atoms with E-state index in [2.05, 4.69) is 32.5 Å². The molecule has 0 atom stereocenters. The van der Waals surface area contributed by atoms with Crippen LogP contribution in [-0.4, -0.2) is 28.0 Å². The van der Waals surface area contributed by atoms with Crippen LogP contribution in [0.4, 0.5) is 0 Å². The van der Waals surface area contributed by atoms with Gasteiger partial charge in [-0.05, 0) is 26.5 Å². The van der Waals surface area contributed by atoms with E-state index in [0.717, 1.165) is 17.2 Å². The number of aryl methyl sites for hydroxylation is 2. The maximum absolute atomic E-state index is 12.2. The minimum atomic E-state index is -0.254. The Morgan fingerprint density at radius 1 is 1.23 bits per heavy atom. The number of hydrogen-bond acceptors (Lipinski definition) is 6. The van der Waals surface area contributed by atoms with E-state index >= 15 is 0 Å². The molecular weight excluding hydrogens is 348 g/mol. The molecule has 2 aromatic heterocycles. The first-order valence-corrected chi connectivity index (χ1v) is 9.22. The van der Waals surface area contributed by atoms with Crippen LogP contribution in [0.1, 0.15) is 37.4 Å². The average molecular weight is 370 g/mol. The van der Waals surface area contributed by atoms with Gasteiger partial charge >= 0.3 is 0 Å². The number of hydrogen-bond donors (Lipinski definition) is 1. The van der Waals surface area contributed by atoms with Gasteiger partial charge in [-0.25, -0.2) is 4.98 Å². The summed E-state index contributed by atoms with van der Waals surface area (Å²) in [4.78, 5) is 19.9. The predicted octanol–water partition coefficient (Wildman–Crippen LogP) is 3.31. The summed E-state index contributed by atoms with van der Waals surface area (Å²) in [6.07, 6.45) is 0. The van der Waals surface area contributed by atoms with Gasteiger partial charge in [-0.2, -0.15) is 0 Å². The van der Waals surface area contributed by atoms with Gasteiger partial charge in [0.15, 0.2) is 11.5 Å². The molecule has 1 aromatic carbocycles. The Balaban J connectivity index is 1.52. The summed E-state index contributed by atoms with van der Waals surface area (Å²) in [5, 5.41) is 7.60. The zero-order valence-corrected chi connectivity index (χ0v) is 16.0. The van der Waals surface area contributed by atoms with E-state index in [4.69, 9.17) is 4.52 Å². The second-order valence-electron chi connectivity index (χ2n) is 6.27. The lowest BCUT2D eigenvalue weighted by Crippen LogP contribution is -2.23. The molecule has 26 heavy (non-hydrogen) atoms. The number of nitrogens with one attached hydrogen (secondary N) is 1. The minimum absolute atomic E-state index is 0.254. The fraction of sp³-hybridized carbons (Fsp3) is 0.316. The summed E-state index contributed by atoms with van der Waals surface area (Å²) in [6.45, 7) is 5.77. The Morgan fingerprint density at radius 2 is 2.00 bits per heavy atom. The van der Waals surface area contributed by atoms with Gasteiger partial charge in [-0.3, -0.25) is 9.69 Å². The highest BCUT2D eigenvalue weighted by atomic mass is 32.1. The number of amides is 1. The molecule has 0 aliphatic rings. The molecule has 2 heterocycles. The highest BCUT2D eigenvalue weighted by Crippen LogP contribution is 2.16. The maximum Gasteiger partial charge on any atom is 0.273 e. The molecule has 136 valence electrons. The third-order valence-electron chi connectivity index (χ3n) is 3.99. The van der Waals surface area contributed by atoms with Crippen LogP contribution >= 0.6 is 11.3 Å². The molecule has 0 spiro atoms. The fourth-order valence-corrected chi connectivity index (χ4v) is 3.45. The molecule has 0 saturated heterocycles. The smallest absolute Gasteiger partial charge is 0.273 e. The molecule has 0 unspecified atom stereocenters. The molecule has 0 aliphatic carbocycles. The van der Waals surface area contributed by atoms with Crippen LogP contribution in [0, 0.1) is 13.8 Å². The highest BCUT2D eigenvalue weighted by Gasteiger charge is 2.14. The van der Waals surface area contributed by atoms with Gasteiger partial charge in [0.1, 0.15) is 5.01 Å². The average Bonchev–Trinajstić information content (AvgIpc) is 3.20. The molecule has 1 amide bonds. The standard InChI is InChI=1S/C19H22N4O2S/c1-13-14(2)26-18(21-13)10-20-19(24)17-9-16(25-22-17)12-23(3)11-15-7-5-4-6-8-15/h4-9H,10-12H2,1-3H3,(H,20,24).